The first kappa shape index (κ1) is 19.8. The Bertz CT molecular complexity index is 290. The van der Waals surface area contributed by atoms with Crippen LogP contribution in [0.15, 0.2) is 0 Å². The van der Waals surface area contributed by atoms with E-state index in [9.17, 15) is 0 Å². The molecule has 0 saturated carbocycles. The average Bonchev–Trinajstić information content (AvgIpc) is 2.10. The quantitative estimate of drug-likeness (QED) is 0.630. The lowest BCUT2D eigenvalue weighted by molar-refractivity contribution is 0.138. The summed E-state index contributed by atoms with van der Waals surface area (Å²) in [6.45, 7) is 27.0. The summed E-state index contributed by atoms with van der Waals surface area (Å²) in [6, 6.07) is 0. The van der Waals surface area contributed by atoms with Gasteiger partial charge in [-0.2, -0.15) is 0 Å². The lowest BCUT2D eigenvalue weighted by atomic mass is 10.5. The molecule has 0 rings (SSSR count). The highest BCUT2D eigenvalue weighted by Gasteiger charge is 2.42. The molecule has 116 valence electrons. The van der Waals surface area contributed by atoms with Gasteiger partial charge in [0.15, 0.2) is 15.7 Å². The predicted octanol–water partition coefficient (Wildman–Crippen LogP) is 4.65. The van der Waals surface area contributed by atoms with Gasteiger partial charge in [-0.05, 0) is 33.1 Å². The Morgan fingerprint density at radius 2 is 1.05 bits per heavy atom. The number of rotatable bonds is 7. The molecule has 19 heavy (non-hydrogen) atoms. The van der Waals surface area contributed by atoms with E-state index in [0.29, 0.717) is 0 Å². The molecule has 0 aliphatic heterocycles. The maximum Gasteiger partial charge on any atom is 0.174 e. The first-order valence-electron chi connectivity index (χ1n) is 7.42. The molecule has 0 aromatic rings. The summed E-state index contributed by atoms with van der Waals surface area (Å²) < 4.78 is 12.8. The van der Waals surface area contributed by atoms with E-state index >= 15 is 0 Å². The summed E-state index contributed by atoms with van der Waals surface area (Å²) in [5.41, 5.74) is 0. The third-order valence-corrected chi connectivity index (χ3v) is 36.4. The topological polar surface area (TPSA) is 18.5 Å². The van der Waals surface area contributed by atoms with Crippen LogP contribution in [0.25, 0.3) is 0 Å². The fraction of sp³-hybridized carbons (Fsp3) is 1.00. The highest BCUT2D eigenvalue weighted by Crippen LogP contribution is 2.23. The number of hydrogen-bond donors (Lipinski definition) is 0. The van der Waals surface area contributed by atoms with Gasteiger partial charge in [0.25, 0.3) is 0 Å². The van der Waals surface area contributed by atoms with Crippen LogP contribution in [0.3, 0.4) is 0 Å². The zero-order valence-corrected chi connectivity index (χ0v) is 19.1. The van der Waals surface area contributed by atoms with Gasteiger partial charge in [0, 0.05) is 0 Å². The monoisotopic (exact) mass is 336 g/mol. The van der Waals surface area contributed by atoms with Crippen LogP contribution in [0.4, 0.5) is 0 Å². The Morgan fingerprint density at radius 3 is 1.37 bits per heavy atom. The molecule has 0 fully saturated rings. The molecule has 1 unspecified atom stereocenters. The van der Waals surface area contributed by atoms with E-state index in [1.807, 2.05) is 0 Å². The Hall–Kier alpha value is 0.788. The van der Waals surface area contributed by atoms with Gasteiger partial charge in [0.05, 0.1) is 27.9 Å². The molecular weight excluding hydrogens is 300 g/mol. The summed E-state index contributed by atoms with van der Waals surface area (Å²) in [7, 11) is -5.37. The average molecular weight is 337 g/mol. The minimum Gasteiger partial charge on any atom is -0.417 e. The van der Waals surface area contributed by atoms with Crippen LogP contribution in [-0.2, 0) is 8.85 Å². The van der Waals surface area contributed by atoms with Crippen LogP contribution in [0, 0.1) is 0 Å². The van der Waals surface area contributed by atoms with Crippen LogP contribution in [0.1, 0.15) is 6.92 Å². The van der Waals surface area contributed by atoms with Crippen LogP contribution in [-0.4, -0.2) is 43.6 Å². The minimum atomic E-state index is -1.52. The Balaban J connectivity index is 4.47. The van der Waals surface area contributed by atoms with Crippen molar-refractivity contribution in [1.82, 2.24) is 0 Å². The molecule has 0 heterocycles. The maximum absolute atomic E-state index is 6.42. The van der Waals surface area contributed by atoms with E-state index in [-0.39, 0.29) is 6.10 Å². The van der Waals surface area contributed by atoms with Crippen molar-refractivity contribution in [3.63, 3.8) is 0 Å². The van der Waals surface area contributed by atoms with Crippen molar-refractivity contribution in [3.05, 3.63) is 0 Å². The van der Waals surface area contributed by atoms with Gasteiger partial charge in [-0.15, -0.1) is 0 Å². The first-order chi connectivity index (χ1) is 8.10. The van der Waals surface area contributed by atoms with Gasteiger partial charge in [-0.3, -0.25) is 0 Å². The fourth-order valence-corrected chi connectivity index (χ4v) is 6.98. The summed E-state index contributed by atoms with van der Waals surface area (Å²) in [4.78, 5) is 0. The molecule has 6 heteroatoms. The van der Waals surface area contributed by atoms with Crippen LogP contribution >= 0.6 is 0 Å². The Morgan fingerprint density at radius 1 is 0.684 bits per heavy atom. The normalized spacial score (nSPS) is 16.6. The van der Waals surface area contributed by atoms with Crippen LogP contribution < -0.4 is 0 Å². The van der Waals surface area contributed by atoms with Crippen molar-refractivity contribution < 1.29 is 8.85 Å². The van der Waals surface area contributed by atoms with Gasteiger partial charge < -0.3 is 8.85 Å². The van der Waals surface area contributed by atoms with E-state index in [1.165, 1.54) is 0 Å². The van der Waals surface area contributed by atoms with E-state index in [4.69, 9.17) is 8.85 Å². The zero-order valence-electron chi connectivity index (χ0n) is 15.1. The molecule has 0 spiro atoms. The van der Waals surface area contributed by atoms with Gasteiger partial charge in [-0.25, -0.2) is 0 Å². The van der Waals surface area contributed by atoms with Crippen molar-refractivity contribution in [2.24, 2.45) is 0 Å². The van der Waals surface area contributed by atoms with Crippen molar-refractivity contribution in [3.8, 4) is 0 Å². The van der Waals surface area contributed by atoms with Crippen LogP contribution in [0.5, 0.6) is 0 Å². The summed E-state index contributed by atoms with van der Waals surface area (Å²) in [6.07, 6.45) is 0.247. The lowest BCUT2D eigenvalue weighted by Crippen LogP contribution is -2.58. The fourth-order valence-electron chi connectivity index (χ4n) is 1.26. The van der Waals surface area contributed by atoms with E-state index < -0.39 is 30.9 Å². The van der Waals surface area contributed by atoms with E-state index in [2.05, 4.69) is 72.4 Å². The lowest BCUT2D eigenvalue weighted by Gasteiger charge is -2.39. The highest BCUT2D eigenvalue weighted by molar-refractivity contribution is 7.38. The first-order valence-corrected chi connectivity index (χ1v) is 22.2. The van der Waals surface area contributed by atoms with Gasteiger partial charge in [0.2, 0.25) is 0 Å². The molecule has 0 aromatic heterocycles. The third kappa shape index (κ3) is 5.97. The van der Waals surface area contributed by atoms with Crippen molar-refractivity contribution in [1.29, 1.82) is 0 Å². The molecule has 0 amide bonds. The molecule has 2 nitrogen and oxygen atoms in total. The minimum absolute atomic E-state index is 0.247. The summed E-state index contributed by atoms with van der Waals surface area (Å²) >= 11 is 0. The summed E-state index contributed by atoms with van der Waals surface area (Å²) in [5.74, 6) is 0. The zero-order chi connectivity index (χ0) is 15.7. The largest absolute Gasteiger partial charge is 0.417 e. The predicted molar refractivity (Wildman–Crippen MR) is 98.2 cm³/mol. The molecule has 0 saturated heterocycles. The molecule has 1 atom stereocenters. The van der Waals surface area contributed by atoms with Crippen molar-refractivity contribution >= 4 is 30.9 Å². The second-order valence-corrected chi connectivity index (χ2v) is 40.6. The SMILES string of the molecule is CC(CO[Si](C)(C)[Si](C)(C)C)O[Si](C)(C)[Si](C)(C)C. The molecule has 0 aliphatic carbocycles. The Kier molecular flexibility index (Phi) is 6.53. The number of hydrogen-bond acceptors (Lipinski definition) is 2. The second kappa shape index (κ2) is 6.27. The smallest absolute Gasteiger partial charge is 0.174 e. The van der Waals surface area contributed by atoms with Gasteiger partial charge >= 0.3 is 0 Å². The summed E-state index contributed by atoms with van der Waals surface area (Å²) in [5, 5.41) is 0. The molecule has 0 aromatic carbocycles. The standard InChI is InChI=1S/C13H36O2Si4/c1-13(15-19(10,11)17(5,6)7)12-14-18(8,9)16(2,3)4/h13H,12H2,1-11H3. The molecule has 0 N–H and O–H groups in total. The Labute approximate surface area is 125 Å². The van der Waals surface area contributed by atoms with Crippen molar-refractivity contribution in [2.45, 2.75) is 78.5 Å². The molecule has 0 radical (unpaired) electrons. The highest BCUT2D eigenvalue weighted by atomic mass is 29.3. The molecular formula is C13H36O2Si4. The molecule has 0 bridgehead atoms. The maximum atomic E-state index is 6.42. The second-order valence-electron chi connectivity index (χ2n) is 8.76. The van der Waals surface area contributed by atoms with Crippen LogP contribution in [0.2, 0.25) is 65.5 Å². The van der Waals surface area contributed by atoms with E-state index in [1.54, 1.807) is 0 Å². The van der Waals surface area contributed by atoms with Gasteiger partial charge in [0.1, 0.15) is 0 Å². The van der Waals surface area contributed by atoms with Crippen molar-refractivity contribution in [2.75, 3.05) is 6.61 Å². The molecule has 0 aliphatic rings. The third-order valence-electron chi connectivity index (χ3n) is 4.79. The van der Waals surface area contributed by atoms with Gasteiger partial charge in [-0.1, -0.05) is 39.3 Å². The van der Waals surface area contributed by atoms with E-state index in [0.717, 1.165) is 6.61 Å².